The molecule has 0 heterocycles. The first-order valence-electron chi connectivity index (χ1n) is 5.99. The summed E-state index contributed by atoms with van der Waals surface area (Å²) in [6.07, 6.45) is 0. The predicted octanol–water partition coefficient (Wildman–Crippen LogP) is 3.05. The van der Waals surface area contributed by atoms with Gasteiger partial charge in [-0.1, -0.05) is 0 Å². The lowest BCUT2D eigenvalue weighted by atomic mass is 10.1. The van der Waals surface area contributed by atoms with Gasteiger partial charge in [-0.05, 0) is 42.5 Å². The molecule has 0 saturated carbocycles. The van der Waals surface area contributed by atoms with Crippen LogP contribution in [0.3, 0.4) is 0 Å². The molecule has 0 aliphatic heterocycles. The number of nitrogens with two attached hydrogens (primary N) is 1. The van der Waals surface area contributed by atoms with Crippen LogP contribution in [0.4, 0.5) is 15.8 Å². The molecule has 0 unspecified atom stereocenters. The lowest BCUT2D eigenvalue weighted by molar-refractivity contribution is 0.408. The van der Waals surface area contributed by atoms with E-state index in [-0.39, 0.29) is 5.82 Å². The lowest BCUT2D eigenvalue weighted by Gasteiger charge is -2.21. The summed E-state index contributed by atoms with van der Waals surface area (Å²) in [5, 5.41) is 0. The molecule has 3 nitrogen and oxygen atoms in total. The highest BCUT2D eigenvalue weighted by Crippen LogP contribution is 2.23. The Labute approximate surface area is 112 Å². The molecule has 0 saturated heterocycles. The Balaban J connectivity index is 2.20. The average Bonchev–Trinajstić information content (AvgIpc) is 2.39. The van der Waals surface area contributed by atoms with Crippen LogP contribution in [-0.2, 0) is 6.54 Å². The molecule has 0 aliphatic rings. The Morgan fingerprint density at radius 3 is 2.47 bits per heavy atom. The van der Waals surface area contributed by atoms with E-state index in [1.807, 2.05) is 36.2 Å². The molecule has 100 valence electrons. The van der Waals surface area contributed by atoms with Crippen LogP contribution in [0.1, 0.15) is 5.56 Å². The second kappa shape index (κ2) is 5.61. The van der Waals surface area contributed by atoms with Crippen molar-refractivity contribution in [2.75, 3.05) is 24.8 Å². The SMILES string of the molecule is COc1ccc(F)cc1CN(C)c1ccc(N)cc1. The molecule has 2 rings (SSSR count). The molecular weight excluding hydrogens is 243 g/mol. The zero-order chi connectivity index (χ0) is 13.8. The van der Waals surface area contributed by atoms with E-state index >= 15 is 0 Å². The van der Waals surface area contributed by atoms with Gasteiger partial charge < -0.3 is 15.4 Å². The first-order chi connectivity index (χ1) is 9.10. The summed E-state index contributed by atoms with van der Waals surface area (Å²) >= 11 is 0. The van der Waals surface area contributed by atoms with Crippen LogP contribution < -0.4 is 15.4 Å². The second-order valence-corrected chi connectivity index (χ2v) is 4.40. The van der Waals surface area contributed by atoms with E-state index in [9.17, 15) is 4.39 Å². The molecule has 2 N–H and O–H groups in total. The van der Waals surface area contributed by atoms with Gasteiger partial charge in [-0.2, -0.15) is 0 Å². The Morgan fingerprint density at radius 2 is 1.84 bits per heavy atom. The van der Waals surface area contributed by atoms with E-state index in [1.54, 1.807) is 13.2 Å². The molecule has 0 fully saturated rings. The monoisotopic (exact) mass is 260 g/mol. The van der Waals surface area contributed by atoms with Crippen LogP contribution >= 0.6 is 0 Å². The zero-order valence-corrected chi connectivity index (χ0v) is 11.1. The maximum absolute atomic E-state index is 13.3. The number of methoxy groups -OCH3 is 1. The molecule has 2 aromatic rings. The van der Waals surface area contributed by atoms with Crippen molar-refractivity contribution in [1.82, 2.24) is 0 Å². The second-order valence-electron chi connectivity index (χ2n) is 4.40. The predicted molar refractivity (Wildman–Crippen MR) is 75.9 cm³/mol. The molecule has 0 aromatic heterocycles. The maximum atomic E-state index is 13.3. The quantitative estimate of drug-likeness (QED) is 0.859. The van der Waals surface area contributed by atoms with Gasteiger partial charge in [0.1, 0.15) is 11.6 Å². The van der Waals surface area contributed by atoms with Crippen molar-refractivity contribution < 1.29 is 9.13 Å². The highest BCUT2D eigenvalue weighted by atomic mass is 19.1. The highest BCUT2D eigenvalue weighted by Gasteiger charge is 2.08. The van der Waals surface area contributed by atoms with Gasteiger partial charge in [0.15, 0.2) is 0 Å². The van der Waals surface area contributed by atoms with Crippen LogP contribution in [0, 0.1) is 5.82 Å². The molecule has 19 heavy (non-hydrogen) atoms. The van der Waals surface area contributed by atoms with Gasteiger partial charge >= 0.3 is 0 Å². The van der Waals surface area contributed by atoms with E-state index in [0.717, 1.165) is 16.9 Å². The zero-order valence-electron chi connectivity index (χ0n) is 11.1. The topological polar surface area (TPSA) is 38.5 Å². The number of benzene rings is 2. The number of hydrogen-bond donors (Lipinski definition) is 1. The number of rotatable bonds is 4. The summed E-state index contributed by atoms with van der Waals surface area (Å²) < 4.78 is 18.5. The van der Waals surface area contributed by atoms with Crippen molar-refractivity contribution >= 4 is 11.4 Å². The van der Waals surface area contributed by atoms with Crippen LogP contribution in [0.5, 0.6) is 5.75 Å². The summed E-state index contributed by atoms with van der Waals surface area (Å²) in [7, 11) is 3.52. The number of anilines is 2. The van der Waals surface area contributed by atoms with E-state index in [2.05, 4.69) is 0 Å². The molecule has 2 aromatic carbocycles. The van der Waals surface area contributed by atoms with Crippen LogP contribution in [0.25, 0.3) is 0 Å². The van der Waals surface area contributed by atoms with E-state index in [0.29, 0.717) is 12.3 Å². The van der Waals surface area contributed by atoms with Crippen molar-refractivity contribution in [3.8, 4) is 5.75 Å². The van der Waals surface area contributed by atoms with Gasteiger partial charge in [0.2, 0.25) is 0 Å². The third-order valence-electron chi connectivity index (χ3n) is 2.98. The third-order valence-corrected chi connectivity index (χ3v) is 2.98. The normalized spacial score (nSPS) is 10.3. The standard InChI is InChI=1S/C15H17FN2O/c1-18(14-6-4-13(17)5-7-14)10-11-9-12(16)3-8-15(11)19-2/h3-9H,10,17H2,1-2H3. The molecular formula is C15H17FN2O. The summed E-state index contributed by atoms with van der Waals surface area (Å²) in [5.74, 6) is 0.421. The minimum Gasteiger partial charge on any atom is -0.496 e. The van der Waals surface area contributed by atoms with Gasteiger partial charge in [-0.3, -0.25) is 0 Å². The third kappa shape index (κ3) is 3.16. The van der Waals surface area contributed by atoms with E-state index < -0.39 is 0 Å². The van der Waals surface area contributed by atoms with E-state index in [4.69, 9.17) is 10.5 Å². The summed E-state index contributed by atoms with van der Waals surface area (Å²) in [6.45, 7) is 0.560. The lowest BCUT2D eigenvalue weighted by Crippen LogP contribution is -2.17. The average molecular weight is 260 g/mol. The number of hydrogen-bond acceptors (Lipinski definition) is 3. The molecule has 0 bridgehead atoms. The fourth-order valence-corrected chi connectivity index (χ4v) is 1.95. The van der Waals surface area contributed by atoms with Gasteiger partial charge in [0, 0.05) is 30.5 Å². The largest absolute Gasteiger partial charge is 0.496 e. The minimum absolute atomic E-state index is 0.262. The molecule has 4 heteroatoms. The van der Waals surface area contributed by atoms with Gasteiger partial charge in [0.05, 0.1) is 7.11 Å². The van der Waals surface area contributed by atoms with Crippen molar-refractivity contribution in [2.45, 2.75) is 6.54 Å². The van der Waals surface area contributed by atoms with E-state index in [1.165, 1.54) is 12.1 Å². The minimum atomic E-state index is -0.262. The fraction of sp³-hybridized carbons (Fsp3) is 0.200. The molecule has 0 spiro atoms. The summed E-state index contributed by atoms with van der Waals surface area (Å²) in [5.41, 5.74) is 8.20. The smallest absolute Gasteiger partial charge is 0.124 e. The fourth-order valence-electron chi connectivity index (χ4n) is 1.95. The summed E-state index contributed by atoms with van der Waals surface area (Å²) in [4.78, 5) is 2.01. The number of ether oxygens (including phenoxy) is 1. The van der Waals surface area contributed by atoms with Gasteiger partial charge in [0.25, 0.3) is 0 Å². The first kappa shape index (κ1) is 13.2. The van der Waals surface area contributed by atoms with Crippen LogP contribution in [0.2, 0.25) is 0 Å². The van der Waals surface area contributed by atoms with Crippen LogP contribution in [-0.4, -0.2) is 14.2 Å². The van der Waals surface area contributed by atoms with Gasteiger partial charge in [-0.15, -0.1) is 0 Å². The molecule has 0 amide bonds. The number of nitrogen functional groups attached to an aromatic ring is 1. The number of halogens is 1. The molecule has 0 atom stereocenters. The van der Waals surface area contributed by atoms with Crippen molar-refractivity contribution in [3.05, 3.63) is 53.8 Å². The van der Waals surface area contributed by atoms with Crippen molar-refractivity contribution in [3.63, 3.8) is 0 Å². The highest BCUT2D eigenvalue weighted by molar-refractivity contribution is 5.53. The molecule has 0 aliphatic carbocycles. The molecule has 0 radical (unpaired) electrons. The number of nitrogens with zero attached hydrogens (tertiary/aromatic N) is 1. The summed E-state index contributed by atoms with van der Waals surface area (Å²) in [6, 6.07) is 12.1. The van der Waals surface area contributed by atoms with Crippen molar-refractivity contribution in [1.29, 1.82) is 0 Å². The van der Waals surface area contributed by atoms with Crippen LogP contribution in [0.15, 0.2) is 42.5 Å². The Bertz CT molecular complexity index is 555. The Morgan fingerprint density at radius 1 is 1.16 bits per heavy atom. The maximum Gasteiger partial charge on any atom is 0.124 e. The first-order valence-corrected chi connectivity index (χ1v) is 5.99. The van der Waals surface area contributed by atoms with Crippen molar-refractivity contribution in [2.24, 2.45) is 0 Å². The van der Waals surface area contributed by atoms with Gasteiger partial charge in [-0.25, -0.2) is 4.39 Å². The Hall–Kier alpha value is -2.23. The Kier molecular flexibility index (Phi) is 3.90.